The summed E-state index contributed by atoms with van der Waals surface area (Å²) < 4.78 is 10.5. The molecule has 2 heterocycles. The quantitative estimate of drug-likeness (QED) is 0.581. The lowest BCUT2D eigenvalue weighted by Gasteiger charge is -2.34. The van der Waals surface area contributed by atoms with Crippen LogP contribution in [0.25, 0.3) is 0 Å². The lowest BCUT2D eigenvalue weighted by Crippen LogP contribution is -2.39. The molecular formula is C18H31N3O5. The fourth-order valence-electron chi connectivity index (χ4n) is 4.39. The Morgan fingerprint density at radius 2 is 1.31 bits per heavy atom. The van der Waals surface area contributed by atoms with E-state index < -0.39 is 0 Å². The molecule has 0 unspecified atom stereocenters. The molecule has 8 nitrogen and oxygen atoms in total. The Labute approximate surface area is 154 Å². The molecule has 0 aromatic heterocycles. The second-order valence-corrected chi connectivity index (χ2v) is 8.16. The largest absolute Gasteiger partial charge is 0.441 e. The summed E-state index contributed by atoms with van der Waals surface area (Å²) in [5.74, 6) is 1.04. The van der Waals surface area contributed by atoms with E-state index in [1.807, 2.05) is 0 Å². The van der Waals surface area contributed by atoms with Gasteiger partial charge in [-0.2, -0.15) is 0 Å². The van der Waals surface area contributed by atoms with E-state index in [9.17, 15) is 9.59 Å². The Morgan fingerprint density at radius 3 is 1.62 bits per heavy atom. The van der Waals surface area contributed by atoms with Crippen molar-refractivity contribution in [1.82, 2.24) is 10.6 Å². The van der Waals surface area contributed by atoms with E-state index >= 15 is 0 Å². The summed E-state index contributed by atoms with van der Waals surface area (Å²) >= 11 is 0. The molecule has 0 aromatic rings. The topological polar surface area (TPSA) is 123 Å². The zero-order valence-corrected chi connectivity index (χ0v) is 15.3. The van der Waals surface area contributed by atoms with Gasteiger partial charge in [0.2, 0.25) is 0 Å². The number of rotatable bonds is 2. The summed E-state index contributed by atoms with van der Waals surface area (Å²) in [6, 6.07) is 0. The number of carbonyl (C=O) groups is 2. The van der Waals surface area contributed by atoms with Crippen LogP contribution in [0.3, 0.4) is 0 Å². The SMILES string of the molecule is NCC1CCC2(CC1)CNC(=O)O2.O=C1NCC2(CCC(CO)CC2)O1. The van der Waals surface area contributed by atoms with Gasteiger partial charge in [-0.25, -0.2) is 9.59 Å². The van der Waals surface area contributed by atoms with E-state index in [-0.39, 0.29) is 30.0 Å². The molecule has 0 bridgehead atoms. The summed E-state index contributed by atoms with van der Waals surface area (Å²) in [5.41, 5.74) is 5.16. The summed E-state index contributed by atoms with van der Waals surface area (Å²) in [7, 11) is 0. The van der Waals surface area contributed by atoms with Gasteiger partial charge in [-0.1, -0.05) is 0 Å². The van der Waals surface area contributed by atoms with Crippen LogP contribution in [0.4, 0.5) is 9.59 Å². The fourth-order valence-corrected chi connectivity index (χ4v) is 4.39. The monoisotopic (exact) mass is 369 g/mol. The number of nitrogens with one attached hydrogen (secondary N) is 2. The smallest absolute Gasteiger partial charge is 0.407 e. The number of ether oxygens (including phenoxy) is 2. The lowest BCUT2D eigenvalue weighted by atomic mass is 9.79. The van der Waals surface area contributed by atoms with Gasteiger partial charge in [0.05, 0.1) is 13.1 Å². The second-order valence-electron chi connectivity index (χ2n) is 8.16. The Morgan fingerprint density at radius 1 is 0.885 bits per heavy atom. The lowest BCUT2D eigenvalue weighted by molar-refractivity contribution is 0.00550. The minimum Gasteiger partial charge on any atom is -0.441 e. The van der Waals surface area contributed by atoms with Gasteiger partial charge in [0, 0.05) is 6.61 Å². The molecule has 2 spiro atoms. The van der Waals surface area contributed by atoms with Crippen molar-refractivity contribution in [1.29, 1.82) is 0 Å². The molecule has 5 N–H and O–H groups in total. The van der Waals surface area contributed by atoms with E-state index in [1.165, 1.54) is 0 Å². The molecule has 4 fully saturated rings. The van der Waals surface area contributed by atoms with E-state index in [1.54, 1.807) is 0 Å². The Kier molecular flexibility index (Phi) is 5.92. The van der Waals surface area contributed by atoms with Crippen LogP contribution in [0.5, 0.6) is 0 Å². The molecule has 0 atom stereocenters. The normalized spacial score (nSPS) is 38.8. The number of amides is 2. The van der Waals surface area contributed by atoms with E-state index in [4.69, 9.17) is 20.3 Å². The van der Waals surface area contributed by atoms with E-state index in [0.29, 0.717) is 24.9 Å². The van der Waals surface area contributed by atoms with Gasteiger partial charge in [-0.05, 0) is 69.7 Å². The minimum absolute atomic E-state index is 0.192. The van der Waals surface area contributed by atoms with Gasteiger partial charge in [-0.3, -0.25) is 0 Å². The Hall–Kier alpha value is -1.54. The molecule has 2 saturated carbocycles. The van der Waals surface area contributed by atoms with Gasteiger partial charge >= 0.3 is 12.2 Å². The van der Waals surface area contributed by atoms with Crippen molar-refractivity contribution in [2.45, 2.75) is 62.6 Å². The third-order valence-corrected chi connectivity index (χ3v) is 6.35. The highest BCUT2D eigenvalue weighted by Crippen LogP contribution is 2.37. The summed E-state index contributed by atoms with van der Waals surface area (Å²) in [6.45, 7) is 2.35. The minimum atomic E-state index is -0.289. The second kappa shape index (κ2) is 8.00. The number of alkyl carbamates (subject to hydrolysis) is 2. The van der Waals surface area contributed by atoms with Crippen molar-refractivity contribution in [3.8, 4) is 0 Å². The summed E-state index contributed by atoms with van der Waals surface area (Å²) in [5, 5.41) is 14.4. The highest BCUT2D eigenvalue weighted by molar-refractivity contribution is 5.70. The average Bonchev–Trinajstić information content (AvgIpc) is 3.20. The van der Waals surface area contributed by atoms with Crippen LogP contribution < -0.4 is 16.4 Å². The number of hydrogen-bond acceptors (Lipinski definition) is 6. The highest BCUT2D eigenvalue weighted by Gasteiger charge is 2.43. The van der Waals surface area contributed by atoms with Gasteiger partial charge in [0.1, 0.15) is 11.2 Å². The summed E-state index contributed by atoms with van der Waals surface area (Å²) in [6.07, 6.45) is 7.26. The average molecular weight is 369 g/mol. The predicted octanol–water partition coefficient (Wildman–Crippen LogP) is 1.26. The first-order valence-corrected chi connectivity index (χ1v) is 9.73. The van der Waals surface area contributed by atoms with E-state index in [2.05, 4.69) is 10.6 Å². The number of aliphatic hydroxyl groups excluding tert-OH is 1. The van der Waals surface area contributed by atoms with Gasteiger partial charge < -0.3 is 30.9 Å². The molecule has 0 radical (unpaired) electrons. The number of carbonyl (C=O) groups excluding carboxylic acids is 2. The molecule has 4 aliphatic rings. The van der Waals surface area contributed by atoms with Gasteiger partial charge in [0.15, 0.2) is 0 Å². The number of hydrogen-bond donors (Lipinski definition) is 4. The maximum absolute atomic E-state index is 10.9. The van der Waals surface area contributed by atoms with Crippen molar-refractivity contribution in [3.05, 3.63) is 0 Å². The molecule has 2 aliphatic carbocycles. The van der Waals surface area contributed by atoms with Crippen LogP contribution >= 0.6 is 0 Å². The van der Waals surface area contributed by atoms with Crippen molar-refractivity contribution in [2.75, 3.05) is 26.2 Å². The van der Waals surface area contributed by atoms with Crippen molar-refractivity contribution in [3.63, 3.8) is 0 Å². The Balaban J connectivity index is 0.000000151. The predicted molar refractivity (Wildman–Crippen MR) is 94.5 cm³/mol. The van der Waals surface area contributed by atoms with Crippen LogP contribution in [-0.4, -0.2) is 54.7 Å². The molecule has 8 heteroatoms. The highest BCUT2D eigenvalue weighted by atomic mass is 16.6. The molecule has 0 aromatic carbocycles. The maximum Gasteiger partial charge on any atom is 0.407 e. The van der Waals surface area contributed by atoms with Crippen LogP contribution in [0.2, 0.25) is 0 Å². The fraction of sp³-hybridized carbons (Fsp3) is 0.889. The van der Waals surface area contributed by atoms with Crippen LogP contribution in [0.15, 0.2) is 0 Å². The first-order chi connectivity index (χ1) is 12.5. The number of nitrogens with two attached hydrogens (primary N) is 1. The van der Waals surface area contributed by atoms with Crippen LogP contribution in [0, 0.1) is 11.8 Å². The molecular weight excluding hydrogens is 338 g/mol. The standard InChI is InChI=1S/C9H16N2O2.C9H15NO3/c10-5-7-1-3-9(4-2-7)6-11-8(12)13-9;11-5-7-1-3-9(4-2-7)6-10-8(12)13-9/h7H,1-6,10H2,(H,11,12);7,11H,1-6H2,(H,10,12). The van der Waals surface area contributed by atoms with Crippen molar-refractivity contribution in [2.24, 2.45) is 17.6 Å². The summed E-state index contributed by atoms with van der Waals surface area (Å²) in [4.78, 5) is 21.8. The molecule has 2 aliphatic heterocycles. The molecule has 26 heavy (non-hydrogen) atoms. The van der Waals surface area contributed by atoms with E-state index in [0.717, 1.165) is 57.9 Å². The molecule has 4 rings (SSSR count). The van der Waals surface area contributed by atoms with Gasteiger partial charge in [0.25, 0.3) is 0 Å². The number of aliphatic hydroxyl groups is 1. The molecule has 2 saturated heterocycles. The van der Waals surface area contributed by atoms with Crippen molar-refractivity contribution < 1.29 is 24.2 Å². The van der Waals surface area contributed by atoms with Crippen LogP contribution in [-0.2, 0) is 9.47 Å². The Bertz CT molecular complexity index is 465. The zero-order valence-electron chi connectivity index (χ0n) is 15.3. The third kappa shape index (κ3) is 4.40. The first kappa shape index (κ1) is 19.2. The van der Waals surface area contributed by atoms with Crippen molar-refractivity contribution >= 4 is 12.2 Å². The maximum atomic E-state index is 10.9. The third-order valence-electron chi connectivity index (χ3n) is 6.35. The van der Waals surface area contributed by atoms with Gasteiger partial charge in [-0.15, -0.1) is 0 Å². The molecule has 148 valence electrons. The first-order valence-electron chi connectivity index (χ1n) is 9.73. The zero-order chi connectivity index (χ0) is 18.6. The molecule has 2 amide bonds. The van der Waals surface area contributed by atoms with Crippen LogP contribution in [0.1, 0.15) is 51.4 Å².